The zero-order valence-electron chi connectivity index (χ0n) is 11.4. The Labute approximate surface area is 114 Å². The van der Waals surface area contributed by atoms with Crippen LogP contribution in [0.25, 0.3) is 0 Å². The number of aromatic nitrogens is 3. The summed E-state index contributed by atoms with van der Waals surface area (Å²) in [4.78, 5) is 4.53. The van der Waals surface area contributed by atoms with Crippen LogP contribution in [0.15, 0.2) is 6.20 Å². The zero-order chi connectivity index (χ0) is 12.9. The van der Waals surface area contributed by atoms with Crippen molar-refractivity contribution in [1.29, 1.82) is 0 Å². The van der Waals surface area contributed by atoms with Gasteiger partial charge < -0.3 is 10.6 Å². The average molecular weight is 261 g/mol. The van der Waals surface area contributed by atoms with E-state index in [0.717, 1.165) is 5.82 Å². The summed E-state index contributed by atoms with van der Waals surface area (Å²) < 4.78 is 0. The molecule has 0 aromatic carbocycles. The van der Waals surface area contributed by atoms with Crippen LogP contribution in [-0.4, -0.2) is 27.3 Å². The maximum Gasteiger partial charge on any atom is 0.244 e. The van der Waals surface area contributed by atoms with Crippen LogP contribution in [0.2, 0.25) is 0 Å². The lowest BCUT2D eigenvalue weighted by Gasteiger charge is -2.23. The molecule has 19 heavy (non-hydrogen) atoms. The minimum absolute atomic E-state index is 0.534. The molecule has 1 aromatic rings. The molecule has 2 N–H and O–H groups in total. The molecule has 2 aliphatic rings. The van der Waals surface area contributed by atoms with Gasteiger partial charge in [0, 0.05) is 12.1 Å². The normalized spacial score (nSPS) is 21.5. The van der Waals surface area contributed by atoms with Crippen molar-refractivity contribution in [1.82, 2.24) is 15.2 Å². The first kappa shape index (κ1) is 12.6. The number of hydrogen-bond donors (Lipinski definition) is 2. The number of nitrogens with zero attached hydrogens (tertiary/aromatic N) is 3. The molecule has 1 heterocycles. The third kappa shape index (κ3) is 3.55. The molecule has 2 aliphatic carbocycles. The summed E-state index contributed by atoms with van der Waals surface area (Å²) in [7, 11) is 0. The second-order valence-corrected chi connectivity index (χ2v) is 5.77. The number of anilines is 2. The second kappa shape index (κ2) is 6.17. The third-order valence-electron chi connectivity index (χ3n) is 4.20. The van der Waals surface area contributed by atoms with Crippen LogP contribution in [0.5, 0.6) is 0 Å². The monoisotopic (exact) mass is 261 g/mol. The highest BCUT2D eigenvalue weighted by Crippen LogP contribution is 2.22. The van der Waals surface area contributed by atoms with Crippen molar-refractivity contribution in [2.24, 2.45) is 0 Å². The van der Waals surface area contributed by atoms with Gasteiger partial charge in [0.2, 0.25) is 5.95 Å². The van der Waals surface area contributed by atoms with Crippen LogP contribution in [0.1, 0.15) is 57.8 Å². The molecule has 104 valence electrons. The summed E-state index contributed by atoms with van der Waals surface area (Å²) in [6, 6.07) is 1.09. The van der Waals surface area contributed by atoms with Crippen LogP contribution in [0.3, 0.4) is 0 Å². The van der Waals surface area contributed by atoms with Crippen molar-refractivity contribution < 1.29 is 0 Å². The van der Waals surface area contributed by atoms with E-state index in [1.54, 1.807) is 6.20 Å². The number of rotatable bonds is 4. The largest absolute Gasteiger partial charge is 0.366 e. The Morgan fingerprint density at radius 3 is 2.21 bits per heavy atom. The molecule has 0 amide bonds. The first-order chi connectivity index (χ1) is 9.40. The van der Waals surface area contributed by atoms with Crippen LogP contribution >= 0.6 is 0 Å². The van der Waals surface area contributed by atoms with Gasteiger partial charge in [-0.15, -0.1) is 5.10 Å². The number of nitrogens with one attached hydrogen (secondary N) is 2. The highest BCUT2D eigenvalue weighted by Gasteiger charge is 2.17. The van der Waals surface area contributed by atoms with Gasteiger partial charge in [0.15, 0.2) is 5.82 Å². The van der Waals surface area contributed by atoms with Crippen LogP contribution in [0, 0.1) is 0 Å². The van der Waals surface area contributed by atoms with Crippen LogP contribution in [0.4, 0.5) is 11.8 Å². The molecule has 0 radical (unpaired) electrons. The Kier molecular flexibility index (Phi) is 4.10. The van der Waals surface area contributed by atoms with E-state index in [1.807, 2.05) is 0 Å². The second-order valence-electron chi connectivity index (χ2n) is 5.77. The fraction of sp³-hybridized carbons (Fsp3) is 0.786. The Hall–Kier alpha value is -1.39. The fourth-order valence-electron chi connectivity index (χ4n) is 3.14. The molecule has 0 bridgehead atoms. The molecular formula is C14H23N5. The van der Waals surface area contributed by atoms with E-state index in [2.05, 4.69) is 25.8 Å². The van der Waals surface area contributed by atoms with E-state index in [-0.39, 0.29) is 0 Å². The summed E-state index contributed by atoms with van der Waals surface area (Å²) >= 11 is 0. The fourth-order valence-corrected chi connectivity index (χ4v) is 3.14. The quantitative estimate of drug-likeness (QED) is 0.872. The van der Waals surface area contributed by atoms with Gasteiger partial charge in [-0.3, -0.25) is 0 Å². The van der Waals surface area contributed by atoms with Gasteiger partial charge >= 0.3 is 0 Å². The van der Waals surface area contributed by atoms with Crippen molar-refractivity contribution in [2.75, 3.05) is 10.6 Å². The van der Waals surface area contributed by atoms with Gasteiger partial charge in [-0.25, -0.2) is 0 Å². The molecule has 0 atom stereocenters. The Balaban J connectivity index is 1.58. The lowest BCUT2D eigenvalue weighted by Crippen LogP contribution is -2.24. The van der Waals surface area contributed by atoms with Crippen molar-refractivity contribution in [3.63, 3.8) is 0 Å². The van der Waals surface area contributed by atoms with E-state index in [1.165, 1.54) is 57.8 Å². The van der Waals surface area contributed by atoms with E-state index in [0.29, 0.717) is 18.0 Å². The van der Waals surface area contributed by atoms with Gasteiger partial charge in [-0.2, -0.15) is 10.1 Å². The van der Waals surface area contributed by atoms with Crippen LogP contribution in [-0.2, 0) is 0 Å². The summed E-state index contributed by atoms with van der Waals surface area (Å²) in [6.07, 6.45) is 13.3. The Morgan fingerprint density at radius 2 is 1.47 bits per heavy atom. The minimum atomic E-state index is 0.534. The molecule has 5 heteroatoms. The predicted octanol–water partition coefficient (Wildman–Crippen LogP) is 2.97. The first-order valence-corrected chi connectivity index (χ1v) is 7.63. The van der Waals surface area contributed by atoms with E-state index in [9.17, 15) is 0 Å². The highest BCUT2D eigenvalue weighted by atomic mass is 15.3. The molecule has 5 nitrogen and oxygen atoms in total. The molecule has 0 saturated heterocycles. The summed E-state index contributed by atoms with van der Waals surface area (Å²) in [6.45, 7) is 0. The van der Waals surface area contributed by atoms with Crippen molar-refractivity contribution in [3.05, 3.63) is 6.20 Å². The third-order valence-corrected chi connectivity index (χ3v) is 4.20. The average Bonchev–Trinajstić information content (AvgIpc) is 2.93. The highest BCUT2D eigenvalue weighted by molar-refractivity contribution is 5.38. The molecule has 2 fully saturated rings. The Morgan fingerprint density at radius 1 is 0.842 bits per heavy atom. The molecule has 0 aliphatic heterocycles. The Bertz CT molecular complexity index is 397. The van der Waals surface area contributed by atoms with E-state index >= 15 is 0 Å². The van der Waals surface area contributed by atoms with Gasteiger partial charge in [-0.1, -0.05) is 32.1 Å². The SMILES string of the molecule is c1nnc(NC2CCCC2)nc1NC1CCCCC1. The van der Waals surface area contributed by atoms with Gasteiger partial charge in [-0.05, 0) is 25.7 Å². The lowest BCUT2D eigenvalue weighted by molar-refractivity contribution is 0.461. The van der Waals surface area contributed by atoms with Gasteiger partial charge in [0.25, 0.3) is 0 Å². The maximum atomic E-state index is 4.53. The zero-order valence-corrected chi connectivity index (χ0v) is 11.4. The van der Waals surface area contributed by atoms with Gasteiger partial charge in [0.1, 0.15) is 0 Å². The minimum Gasteiger partial charge on any atom is -0.366 e. The smallest absolute Gasteiger partial charge is 0.244 e. The molecule has 1 aromatic heterocycles. The van der Waals surface area contributed by atoms with E-state index in [4.69, 9.17) is 0 Å². The van der Waals surface area contributed by atoms with Crippen molar-refractivity contribution >= 4 is 11.8 Å². The molecule has 0 unspecified atom stereocenters. The topological polar surface area (TPSA) is 62.7 Å². The maximum absolute atomic E-state index is 4.53. The number of hydrogen-bond acceptors (Lipinski definition) is 5. The molecule has 2 saturated carbocycles. The summed E-state index contributed by atoms with van der Waals surface area (Å²) in [5, 5.41) is 15.0. The summed E-state index contributed by atoms with van der Waals surface area (Å²) in [5.41, 5.74) is 0. The lowest BCUT2D eigenvalue weighted by atomic mass is 9.96. The molecule has 0 spiro atoms. The standard InChI is InChI=1S/C14H23N5/c1-2-6-11(7-3-1)16-13-10-15-19-14(18-13)17-12-8-4-5-9-12/h10-12H,1-9H2,(H2,16,17,18,19). The van der Waals surface area contributed by atoms with Crippen LogP contribution < -0.4 is 10.6 Å². The van der Waals surface area contributed by atoms with Crippen molar-refractivity contribution in [2.45, 2.75) is 69.9 Å². The predicted molar refractivity (Wildman–Crippen MR) is 76.2 cm³/mol. The molecular weight excluding hydrogens is 238 g/mol. The molecule has 3 rings (SSSR count). The van der Waals surface area contributed by atoms with Crippen molar-refractivity contribution in [3.8, 4) is 0 Å². The van der Waals surface area contributed by atoms with E-state index < -0.39 is 0 Å². The van der Waals surface area contributed by atoms with Gasteiger partial charge in [0.05, 0.1) is 6.20 Å². The first-order valence-electron chi connectivity index (χ1n) is 7.63. The summed E-state index contributed by atoms with van der Waals surface area (Å²) in [5.74, 6) is 1.54.